The van der Waals surface area contributed by atoms with E-state index in [1.54, 1.807) is 25.3 Å². The van der Waals surface area contributed by atoms with Gasteiger partial charge in [0.15, 0.2) is 0 Å². The zero-order chi connectivity index (χ0) is 11.8. The monoisotopic (exact) mass is 226 g/mol. The lowest BCUT2D eigenvalue weighted by atomic mass is 10.3. The predicted octanol–water partition coefficient (Wildman–Crippen LogP) is 1.00. The van der Waals surface area contributed by atoms with Crippen molar-refractivity contribution >= 4 is 11.6 Å². The van der Waals surface area contributed by atoms with Crippen LogP contribution in [-0.4, -0.2) is 32.7 Å². The van der Waals surface area contributed by atoms with Crippen LogP contribution in [0.15, 0.2) is 24.3 Å². The molecule has 88 valence electrons. The van der Waals surface area contributed by atoms with Crippen molar-refractivity contribution in [3.8, 4) is 0 Å². The lowest BCUT2D eigenvalue weighted by Gasteiger charge is -2.07. The minimum absolute atomic E-state index is 0.0463. The van der Waals surface area contributed by atoms with E-state index in [0.717, 1.165) is 0 Å². The molecule has 0 aliphatic carbocycles. The van der Waals surface area contributed by atoms with Crippen molar-refractivity contribution in [3.63, 3.8) is 0 Å². The van der Waals surface area contributed by atoms with E-state index < -0.39 is 0 Å². The van der Waals surface area contributed by atoms with Gasteiger partial charge in [-0.25, -0.2) is 4.39 Å². The van der Waals surface area contributed by atoms with Gasteiger partial charge < -0.3 is 15.4 Å². The lowest BCUT2D eigenvalue weighted by Crippen LogP contribution is -2.32. The molecule has 1 rings (SSSR count). The number of ether oxygens (including phenoxy) is 1. The fourth-order valence-electron chi connectivity index (χ4n) is 1.14. The van der Waals surface area contributed by atoms with Gasteiger partial charge in [0.25, 0.3) is 0 Å². The molecule has 4 nitrogen and oxygen atoms in total. The average molecular weight is 226 g/mol. The number of amides is 1. The second kappa shape index (κ2) is 6.79. The Morgan fingerprint density at radius 1 is 1.44 bits per heavy atom. The number of para-hydroxylation sites is 1. The van der Waals surface area contributed by atoms with E-state index in [1.165, 1.54) is 6.07 Å². The van der Waals surface area contributed by atoms with E-state index in [2.05, 4.69) is 10.6 Å². The first-order valence-corrected chi connectivity index (χ1v) is 4.98. The highest BCUT2D eigenvalue weighted by atomic mass is 19.1. The standard InChI is InChI=1S/C11H15FN2O2/c1-16-7-6-13-11(15)8-14-10-5-3-2-4-9(10)12/h2-5,14H,6-8H2,1H3,(H,13,15). The van der Waals surface area contributed by atoms with Gasteiger partial charge in [-0.05, 0) is 12.1 Å². The SMILES string of the molecule is COCCNC(=O)CNc1ccccc1F. The summed E-state index contributed by atoms with van der Waals surface area (Å²) in [6, 6.07) is 6.22. The van der Waals surface area contributed by atoms with Crippen LogP contribution in [0.3, 0.4) is 0 Å². The van der Waals surface area contributed by atoms with Gasteiger partial charge in [-0.15, -0.1) is 0 Å². The molecule has 0 aliphatic rings. The van der Waals surface area contributed by atoms with Gasteiger partial charge in [-0.3, -0.25) is 4.79 Å². The number of halogens is 1. The molecule has 2 N–H and O–H groups in total. The highest BCUT2D eigenvalue weighted by molar-refractivity contribution is 5.80. The number of carbonyl (C=O) groups excluding carboxylic acids is 1. The average Bonchev–Trinajstić information content (AvgIpc) is 2.28. The first-order valence-electron chi connectivity index (χ1n) is 4.98. The highest BCUT2D eigenvalue weighted by Crippen LogP contribution is 2.11. The maximum atomic E-state index is 13.1. The van der Waals surface area contributed by atoms with E-state index in [1.807, 2.05) is 0 Å². The van der Waals surface area contributed by atoms with Crippen LogP contribution in [0, 0.1) is 5.82 Å². The van der Waals surface area contributed by atoms with Crippen molar-refractivity contribution in [2.24, 2.45) is 0 Å². The smallest absolute Gasteiger partial charge is 0.239 e. The Bertz CT molecular complexity index is 345. The summed E-state index contributed by atoms with van der Waals surface area (Å²) in [5, 5.41) is 5.34. The molecule has 0 heterocycles. The Hall–Kier alpha value is -1.62. The van der Waals surface area contributed by atoms with Gasteiger partial charge in [0.05, 0.1) is 18.8 Å². The topological polar surface area (TPSA) is 50.4 Å². The van der Waals surface area contributed by atoms with Gasteiger partial charge in [-0.2, -0.15) is 0 Å². The summed E-state index contributed by atoms with van der Waals surface area (Å²) in [5.74, 6) is -0.563. The number of carbonyl (C=O) groups is 1. The van der Waals surface area contributed by atoms with Crippen molar-refractivity contribution in [2.75, 3.05) is 32.1 Å². The molecule has 0 radical (unpaired) electrons. The molecular formula is C11H15FN2O2. The summed E-state index contributed by atoms with van der Waals surface area (Å²) in [6.45, 7) is 0.963. The fourth-order valence-corrected chi connectivity index (χ4v) is 1.14. The molecule has 5 heteroatoms. The normalized spacial score (nSPS) is 9.88. The van der Waals surface area contributed by atoms with E-state index in [4.69, 9.17) is 4.74 Å². The van der Waals surface area contributed by atoms with Crippen LogP contribution in [0.1, 0.15) is 0 Å². The Morgan fingerprint density at radius 3 is 2.88 bits per heavy atom. The van der Waals surface area contributed by atoms with E-state index in [0.29, 0.717) is 18.8 Å². The van der Waals surface area contributed by atoms with Crippen molar-refractivity contribution in [2.45, 2.75) is 0 Å². The van der Waals surface area contributed by atoms with Crippen molar-refractivity contribution in [3.05, 3.63) is 30.1 Å². The van der Waals surface area contributed by atoms with E-state index in [-0.39, 0.29) is 18.3 Å². The molecule has 1 aromatic rings. The molecule has 0 bridgehead atoms. The minimum Gasteiger partial charge on any atom is -0.383 e. The minimum atomic E-state index is -0.368. The molecule has 0 spiro atoms. The summed E-state index contributed by atoms with van der Waals surface area (Å²) in [4.78, 5) is 11.3. The summed E-state index contributed by atoms with van der Waals surface area (Å²) in [6.07, 6.45) is 0. The van der Waals surface area contributed by atoms with Gasteiger partial charge in [-0.1, -0.05) is 12.1 Å². The number of hydrogen-bond acceptors (Lipinski definition) is 3. The molecule has 0 unspecified atom stereocenters. The predicted molar refractivity (Wildman–Crippen MR) is 59.8 cm³/mol. The number of anilines is 1. The van der Waals surface area contributed by atoms with Crippen molar-refractivity contribution < 1.29 is 13.9 Å². The van der Waals surface area contributed by atoms with Crippen LogP contribution in [-0.2, 0) is 9.53 Å². The Kier molecular flexibility index (Phi) is 5.28. The third-order valence-corrected chi connectivity index (χ3v) is 1.94. The van der Waals surface area contributed by atoms with Gasteiger partial charge in [0.2, 0.25) is 5.91 Å². The van der Waals surface area contributed by atoms with Gasteiger partial charge >= 0.3 is 0 Å². The first-order chi connectivity index (χ1) is 7.74. The highest BCUT2D eigenvalue weighted by Gasteiger charge is 2.03. The van der Waals surface area contributed by atoms with Crippen molar-refractivity contribution in [1.29, 1.82) is 0 Å². The molecule has 0 saturated carbocycles. The molecule has 0 fully saturated rings. The number of nitrogens with one attached hydrogen (secondary N) is 2. The number of methoxy groups -OCH3 is 1. The number of rotatable bonds is 6. The van der Waals surface area contributed by atoms with Gasteiger partial charge in [0.1, 0.15) is 5.82 Å². The van der Waals surface area contributed by atoms with Crippen LogP contribution in [0.5, 0.6) is 0 Å². The molecule has 0 aromatic heterocycles. The maximum absolute atomic E-state index is 13.1. The first kappa shape index (κ1) is 12.4. The third-order valence-electron chi connectivity index (χ3n) is 1.94. The Morgan fingerprint density at radius 2 is 2.19 bits per heavy atom. The molecule has 0 atom stereocenters. The summed E-state index contributed by atoms with van der Waals surface area (Å²) >= 11 is 0. The second-order valence-electron chi connectivity index (χ2n) is 3.18. The lowest BCUT2D eigenvalue weighted by molar-refractivity contribution is -0.119. The summed E-state index contributed by atoms with van der Waals surface area (Å²) in [5.41, 5.74) is 0.324. The zero-order valence-corrected chi connectivity index (χ0v) is 9.13. The Balaban J connectivity index is 2.29. The van der Waals surface area contributed by atoms with Gasteiger partial charge in [0, 0.05) is 13.7 Å². The number of hydrogen-bond donors (Lipinski definition) is 2. The molecule has 0 aliphatic heterocycles. The second-order valence-corrected chi connectivity index (χ2v) is 3.18. The summed E-state index contributed by atoms with van der Waals surface area (Å²) < 4.78 is 17.9. The third kappa shape index (κ3) is 4.27. The molecular weight excluding hydrogens is 211 g/mol. The van der Waals surface area contributed by atoms with E-state index >= 15 is 0 Å². The maximum Gasteiger partial charge on any atom is 0.239 e. The van der Waals surface area contributed by atoms with Crippen LogP contribution in [0.2, 0.25) is 0 Å². The van der Waals surface area contributed by atoms with Crippen LogP contribution in [0.25, 0.3) is 0 Å². The molecule has 1 aromatic carbocycles. The van der Waals surface area contributed by atoms with Crippen LogP contribution < -0.4 is 10.6 Å². The van der Waals surface area contributed by atoms with Crippen LogP contribution >= 0.6 is 0 Å². The van der Waals surface area contributed by atoms with E-state index in [9.17, 15) is 9.18 Å². The summed E-state index contributed by atoms with van der Waals surface area (Å²) in [7, 11) is 1.56. The molecule has 16 heavy (non-hydrogen) atoms. The zero-order valence-electron chi connectivity index (χ0n) is 9.13. The Labute approximate surface area is 93.8 Å². The fraction of sp³-hybridized carbons (Fsp3) is 0.364. The van der Waals surface area contributed by atoms with Crippen molar-refractivity contribution in [1.82, 2.24) is 5.32 Å². The van der Waals surface area contributed by atoms with Crippen LogP contribution in [0.4, 0.5) is 10.1 Å². The largest absolute Gasteiger partial charge is 0.383 e. The molecule has 0 saturated heterocycles. The number of benzene rings is 1. The quantitative estimate of drug-likeness (QED) is 0.711. The molecule has 1 amide bonds.